The van der Waals surface area contributed by atoms with Crippen molar-refractivity contribution in [3.63, 3.8) is 0 Å². The van der Waals surface area contributed by atoms with Gasteiger partial charge in [-0.2, -0.15) is 0 Å². The summed E-state index contributed by atoms with van der Waals surface area (Å²) in [6.45, 7) is 4.28. The Morgan fingerprint density at radius 3 is 2.80 bits per heavy atom. The number of rotatable bonds is 1. The van der Waals surface area contributed by atoms with Crippen LogP contribution in [0.2, 0.25) is 0 Å². The Morgan fingerprint density at radius 2 is 2.10 bits per heavy atom. The van der Waals surface area contributed by atoms with Gasteiger partial charge in [-0.1, -0.05) is 19.9 Å². The quantitative estimate of drug-likeness (QED) is 0.837. The first-order valence-corrected chi connectivity index (χ1v) is 6.79. The summed E-state index contributed by atoms with van der Waals surface area (Å²) >= 11 is 0. The smallest absolute Gasteiger partial charge is 0.336 e. The van der Waals surface area contributed by atoms with Crippen molar-refractivity contribution >= 4 is 16.9 Å². The second kappa shape index (κ2) is 4.20. The minimum Gasteiger partial charge on any atom is -0.478 e. The zero-order valence-electron chi connectivity index (χ0n) is 11.6. The summed E-state index contributed by atoms with van der Waals surface area (Å²) in [5, 5.41) is 9.56. The number of fused-ring (bicyclic) bond motifs is 2. The average Bonchev–Trinajstić information content (AvgIpc) is 2.38. The maximum absolute atomic E-state index is 12.7. The topological polar surface area (TPSA) is 70.2 Å². The maximum Gasteiger partial charge on any atom is 0.336 e. The van der Waals surface area contributed by atoms with Crippen molar-refractivity contribution in [2.75, 3.05) is 0 Å². The van der Waals surface area contributed by atoms with Crippen molar-refractivity contribution in [1.82, 2.24) is 4.98 Å². The normalized spacial score (nSPS) is 16.9. The number of benzene rings is 1. The number of nitrogens with one attached hydrogen (secondary N) is 1. The predicted molar refractivity (Wildman–Crippen MR) is 77.3 cm³/mol. The number of pyridine rings is 1. The number of carbonyl (C=O) groups is 1. The molecule has 0 unspecified atom stereocenters. The van der Waals surface area contributed by atoms with E-state index in [1.165, 1.54) is 6.07 Å². The van der Waals surface area contributed by atoms with E-state index in [4.69, 9.17) is 0 Å². The summed E-state index contributed by atoms with van der Waals surface area (Å²) in [5.41, 5.74) is 2.38. The molecule has 1 aliphatic carbocycles. The lowest BCUT2D eigenvalue weighted by Gasteiger charge is -2.30. The Hall–Kier alpha value is -2.10. The van der Waals surface area contributed by atoms with E-state index in [-0.39, 0.29) is 16.4 Å². The van der Waals surface area contributed by atoms with Gasteiger partial charge in [0, 0.05) is 11.3 Å². The van der Waals surface area contributed by atoms with Crippen molar-refractivity contribution < 1.29 is 9.90 Å². The van der Waals surface area contributed by atoms with E-state index in [9.17, 15) is 14.7 Å². The molecule has 2 N–H and O–H groups in total. The number of hydrogen-bond acceptors (Lipinski definition) is 2. The van der Waals surface area contributed by atoms with E-state index in [0.29, 0.717) is 17.3 Å². The zero-order chi connectivity index (χ0) is 14.5. The van der Waals surface area contributed by atoms with Crippen LogP contribution in [0.4, 0.5) is 0 Å². The Bertz CT molecular complexity index is 771. The molecule has 0 amide bonds. The largest absolute Gasteiger partial charge is 0.478 e. The average molecular weight is 271 g/mol. The first-order chi connectivity index (χ1) is 9.39. The molecule has 0 bridgehead atoms. The Kier molecular flexibility index (Phi) is 2.71. The van der Waals surface area contributed by atoms with Crippen molar-refractivity contribution in [3.8, 4) is 0 Å². The molecule has 0 spiro atoms. The fourth-order valence-corrected chi connectivity index (χ4v) is 3.04. The second-order valence-electron chi connectivity index (χ2n) is 6.29. The highest BCUT2D eigenvalue weighted by Gasteiger charge is 2.28. The number of carboxylic acids is 1. The van der Waals surface area contributed by atoms with Crippen molar-refractivity contribution in [2.45, 2.75) is 33.1 Å². The maximum atomic E-state index is 12.7. The standard InChI is InChI=1S/C16H17NO3/c1-16(2)7-6-11-10(8-16)14(18)13-9(15(19)20)4-3-5-12(13)17-11/h3-5H,6-8H2,1-2H3,(H,17,18)(H,19,20). The van der Waals surface area contributed by atoms with Crippen molar-refractivity contribution in [2.24, 2.45) is 5.41 Å². The Morgan fingerprint density at radius 1 is 1.35 bits per heavy atom. The minimum absolute atomic E-state index is 0.0786. The molecular weight excluding hydrogens is 254 g/mol. The van der Waals surface area contributed by atoms with E-state index >= 15 is 0 Å². The van der Waals surface area contributed by atoms with Crippen LogP contribution < -0.4 is 5.43 Å². The van der Waals surface area contributed by atoms with Crippen LogP contribution >= 0.6 is 0 Å². The lowest BCUT2D eigenvalue weighted by atomic mass is 9.75. The fraction of sp³-hybridized carbons (Fsp3) is 0.375. The molecule has 0 radical (unpaired) electrons. The van der Waals surface area contributed by atoms with Crippen molar-refractivity contribution in [1.29, 1.82) is 0 Å². The van der Waals surface area contributed by atoms with E-state index in [0.717, 1.165) is 24.1 Å². The first kappa shape index (κ1) is 12.9. The zero-order valence-corrected chi connectivity index (χ0v) is 11.6. The first-order valence-electron chi connectivity index (χ1n) is 6.79. The fourth-order valence-electron chi connectivity index (χ4n) is 3.04. The molecule has 20 heavy (non-hydrogen) atoms. The number of carboxylic acid groups (broad SMARTS) is 1. The van der Waals surface area contributed by atoms with Gasteiger partial charge in [0.2, 0.25) is 0 Å². The molecule has 3 rings (SSSR count). The van der Waals surface area contributed by atoms with Gasteiger partial charge in [-0.15, -0.1) is 0 Å². The van der Waals surface area contributed by atoms with Gasteiger partial charge >= 0.3 is 5.97 Å². The summed E-state index contributed by atoms with van der Waals surface area (Å²) in [6, 6.07) is 4.92. The lowest BCUT2D eigenvalue weighted by Crippen LogP contribution is -2.29. The van der Waals surface area contributed by atoms with E-state index < -0.39 is 5.97 Å². The van der Waals surface area contributed by atoms with Crippen LogP contribution in [0.1, 0.15) is 41.9 Å². The van der Waals surface area contributed by atoms with E-state index in [2.05, 4.69) is 18.8 Å². The molecule has 0 atom stereocenters. The molecule has 104 valence electrons. The SMILES string of the molecule is CC1(C)CCc2[nH]c3cccc(C(=O)O)c3c(=O)c2C1. The predicted octanol–water partition coefficient (Wildman–Crippen LogP) is 2.74. The molecular formula is C16H17NO3. The molecule has 1 heterocycles. The minimum atomic E-state index is -1.06. The van der Waals surface area contributed by atoms with Crippen LogP contribution in [0.3, 0.4) is 0 Å². The Labute approximate surface area is 116 Å². The van der Waals surface area contributed by atoms with Gasteiger partial charge in [0.05, 0.1) is 16.5 Å². The Balaban J connectivity index is 2.36. The lowest BCUT2D eigenvalue weighted by molar-refractivity contribution is 0.0699. The molecule has 0 aliphatic heterocycles. The highest BCUT2D eigenvalue weighted by molar-refractivity contribution is 6.02. The number of aromatic carboxylic acids is 1. The van der Waals surface area contributed by atoms with Gasteiger partial charge < -0.3 is 10.1 Å². The monoisotopic (exact) mass is 271 g/mol. The van der Waals surface area contributed by atoms with Crippen LogP contribution in [0.25, 0.3) is 10.9 Å². The van der Waals surface area contributed by atoms with Crippen LogP contribution in [0.15, 0.2) is 23.0 Å². The van der Waals surface area contributed by atoms with Crippen LogP contribution in [0.5, 0.6) is 0 Å². The molecule has 4 heteroatoms. The van der Waals surface area contributed by atoms with Gasteiger partial charge in [0.1, 0.15) is 0 Å². The van der Waals surface area contributed by atoms with E-state index in [1.807, 2.05) is 0 Å². The summed E-state index contributed by atoms with van der Waals surface area (Å²) in [5.74, 6) is -1.06. The number of aromatic nitrogens is 1. The second-order valence-corrected chi connectivity index (χ2v) is 6.29. The number of hydrogen-bond donors (Lipinski definition) is 2. The molecule has 0 saturated heterocycles. The van der Waals surface area contributed by atoms with Crippen LogP contribution in [0, 0.1) is 5.41 Å². The van der Waals surface area contributed by atoms with Gasteiger partial charge in [-0.3, -0.25) is 4.79 Å². The molecule has 1 aromatic carbocycles. The number of aryl methyl sites for hydroxylation is 1. The highest BCUT2D eigenvalue weighted by Crippen LogP contribution is 2.33. The highest BCUT2D eigenvalue weighted by atomic mass is 16.4. The van der Waals surface area contributed by atoms with Crippen molar-refractivity contribution in [3.05, 3.63) is 45.2 Å². The van der Waals surface area contributed by atoms with Gasteiger partial charge in [-0.05, 0) is 36.8 Å². The van der Waals surface area contributed by atoms with Crippen LogP contribution in [-0.2, 0) is 12.8 Å². The number of aromatic amines is 1. The molecule has 0 fully saturated rings. The van der Waals surface area contributed by atoms with Gasteiger partial charge in [0.15, 0.2) is 5.43 Å². The summed E-state index contributed by atoms with van der Waals surface area (Å²) < 4.78 is 0. The summed E-state index contributed by atoms with van der Waals surface area (Å²) in [6.07, 6.45) is 2.56. The molecule has 1 aromatic heterocycles. The summed E-state index contributed by atoms with van der Waals surface area (Å²) in [7, 11) is 0. The van der Waals surface area contributed by atoms with E-state index in [1.54, 1.807) is 12.1 Å². The third kappa shape index (κ3) is 1.92. The third-order valence-electron chi connectivity index (χ3n) is 4.15. The summed E-state index contributed by atoms with van der Waals surface area (Å²) in [4.78, 5) is 27.3. The molecule has 4 nitrogen and oxygen atoms in total. The van der Waals surface area contributed by atoms with Crippen LogP contribution in [-0.4, -0.2) is 16.1 Å². The molecule has 1 aliphatic rings. The van der Waals surface area contributed by atoms with Gasteiger partial charge in [0.25, 0.3) is 0 Å². The van der Waals surface area contributed by atoms with Gasteiger partial charge in [-0.25, -0.2) is 4.79 Å². The molecule has 2 aromatic rings. The third-order valence-corrected chi connectivity index (χ3v) is 4.15. The number of H-pyrrole nitrogens is 1. The molecule has 0 saturated carbocycles.